The minimum Gasteiger partial charge on any atom is -0.478 e. The number of likely N-dealkylation sites (tertiary alicyclic amines) is 1. The molecule has 0 radical (unpaired) electrons. The summed E-state index contributed by atoms with van der Waals surface area (Å²) in [6.07, 6.45) is 5.48. The predicted molar refractivity (Wildman–Crippen MR) is 152 cm³/mol. The molecule has 2 N–H and O–H groups in total. The Balaban J connectivity index is 0.000000482. The lowest BCUT2D eigenvalue weighted by Crippen LogP contribution is -2.45. The highest BCUT2D eigenvalue weighted by molar-refractivity contribution is 8.13. The maximum Gasteiger partial charge on any atom is 0.328 e. The fraction of sp³-hybridized carbons (Fsp3) is 0.414. The molecule has 0 bridgehead atoms. The summed E-state index contributed by atoms with van der Waals surface area (Å²) in [5, 5.41) is 16.8. The van der Waals surface area contributed by atoms with E-state index in [1.54, 1.807) is 6.07 Å². The van der Waals surface area contributed by atoms with Crippen LogP contribution in [0.3, 0.4) is 0 Å². The van der Waals surface area contributed by atoms with Crippen LogP contribution in [-0.4, -0.2) is 76.4 Å². The summed E-state index contributed by atoms with van der Waals surface area (Å²) in [5.74, 6) is -3.16. The van der Waals surface area contributed by atoms with Crippen molar-refractivity contribution in [2.75, 3.05) is 33.3 Å². The number of para-hydroxylation sites is 1. The SMILES string of the molecule is CN(C1=Nc2ccccc2CS1)C1CCN(CCCCOCc2ccc(F)c(F)c2)CC1.O=C(O)C=CC(=O)O. The Morgan fingerprint density at radius 1 is 1.07 bits per heavy atom. The predicted octanol–water partition coefficient (Wildman–Crippen LogP) is 5.30. The third-order valence-corrected chi connectivity index (χ3v) is 7.70. The Morgan fingerprint density at radius 2 is 1.77 bits per heavy atom. The summed E-state index contributed by atoms with van der Waals surface area (Å²) in [6.45, 7) is 4.25. The van der Waals surface area contributed by atoms with Crippen LogP contribution in [0.1, 0.15) is 36.8 Å². The quantitative estimate of drug-likeness (QED) is 0.291. The lowest BCUT2D eigenvalue weighted by Gasteiger charge is -2.38. The van der Waals surface area contributed by atoms with Crippen molar-refractivity contribution in [3.63, 3.8) is 0 Å². The summed E-state index contributed by atoms with van der Waals surface area (Å²) in [6, 6.07) is 12.9. The normalized spacial score (nSPS) is 15.6. The van der Waals surface area contributed by atoms with E-state index in [0.717, 1.165) is 68.0 Å². The summed E-state index contributed by atoms with van der Waals surface area (Å²) >= 11 is 1.84. The van der Waals surface area contributed by atoms with Crippen molar-refractivity contribution in [3.8, 4) is 0 Å². The molecule has 0 spiro atoms. The molecule has 2 heterocycles. The number of aliphatic imine (C=N–C) groups is 1. The number of amidine groups is 1. The number of nitrogens with zero attached hydrogens (tertiary/aromatic N) is 3. The van der Waals surface area contributed by atoms with Crippen molar-refractivity contribution in [1.82, 2.24) is 9.80 Å². The standard InChI is InChI=1S/C25H31F2N3OS.C4H4O4/c1-29(25-28-24-7-3-2-6-20(24)18-32-25)21-10-13-30(14-11-21)12-4-5-15-31-17-19-8-9-22(26)23(27)16-19;5-3(6)1-2-4(7)8/h2-3,6-9,16,21H,4-5,10-15,17-18H2,1H3;1-2H,(H,5,6)(H,7,8). The van der Waals surface area contributed by atoms with Gasteiger partial charge in [-0.15, -0.1) is 0 Å². The van der Waals surface area contributed by atoms with E-state index in [1.807, 2.05) is 11.8 Å². The first-order valence-electron chi connectivity index (χ1n) is 13.1. The third kappa shape index (κ3) is 10.4. The molecule has 0 amide bonds. The van der Waals surface area contributed by atoms with Gasteiger partial charge in [-0.05, 0) is 61.6 Å². The Hall–Kier alpha value is -3.28. The Kier molecular flexibility index (Phi) is 12.6. The zero-order valence-electron chi connectivity index (χ0n) is 22.5. The van der Waals surface area contributed by atoms with Gasteiger partial charge in [-0.2, -0.15) is 0 Å². The molecular weight excluding hydrogens is 540 g/mol. The third-order valence-electron chi connectivity index (χ3n) is 6.61. The molecule has 40 heavy (non-hydrogen) atoms. The molecule has 2 aliphatic heterocycles. The van der Waals surface area contributed by atoms with Crippen LogP contribution < -0.4 is 0 Å². The zero-order valence-corrected chi connectivity index (χ0v) is 23.3. The number of piperidine rings is 1. The van der Waals surface area contributed by atoms with E-state index >= 15 is 0 Å². The van der Waals surface area contributed by atoms with Gasteiger partial charge < -0.3 is 24.7 Å². The van der Waals surface area contributed by atoms with Gasteiger partial charge in [0.2, 0.25) is 0 Å². The van der Waals surface area contributed by atoms with Crippen molar-refractivity contribution < 1.29 is 33.3 Å². The molecule has 4 rings (SSSR count). The summed E-state index contributed by atoms with van der Waals surface area (Å²) in [7, 11) is 2.18. The van der Waals surface area contributed by atoms with Gasteiger partial charge in [0.25, 0.3) is 0 Å². The second-order valence-corrected chi connectivity index (χ2v) is 10.5. The maximum absolute atomic E-state index is 13.2. The van der Waals surface area contributed by atoms with Gasteiger partial charge in [0.15, 0.2) is 16.8 Å². The lowest BCUT2D eigenvalue weighted by molar-refractivity contribution is -0.134. The first-order valence-corrected chi connectivity index (χ1v) is 14.1. The Bertz CT molecular complexity index is 1190. The second kappa shape index (κ2) is 16.1. The number of carboxylic acid groups (broad SMARTS) is 2. The molecular formula is C29H35F2N3O5S. The summed E-state index contributed by atoms with van der Waals surface area (Å²) in [4.78, 5) is 28.9. The van der Waals surface area contributed by atoms with Crippen molar-refractivity contribution in [1.29, 1.82) is 0 Å². The average molecular weight is 576 g/mol. The molecule has 2 aliphatic rings. The van der Waals surface area contributed by atoms with E-state index in [4.69, 9.17) is 19.9 Å². The molecule has 0 atom stereocenters. The van der Waals surface area contributed by atoms with Crippen LogP contribution in [0, 0.1) is 11.6 Å². The number of rotatable bonds is 10. The highest BCUT2D eigenvalue weighted by atomic mass is 32.2. The number of hydrogen-bond acceptors (Lipinski definition) is 7. The van der Waals surface area contributed by atoms with Crippen LogP contribution >= 0.6 is 11.8 Å². The maximum atomic E-state index is 13.2. The summed E-state index contributed by atoms with van der Waals surface area (Å²) < 4.78 is 31.8. The van der Waals surface area contributed by atoms with E-state index in [0.29, 0.717) is 37.0 Å². The topological polar surface area (TPSA) is 103 Å². The monoisotopic (exact) mass is 575 g/mol. The fourth-order valence-corrected chi connectivity index (χ4v) is 5.43. The average Bonchev–Trinajstić information content (AvgIpc) is 2.95. The highest BCUT2D eigenvalue weighted by Gasteiger charge is 2.26. The van der Waals surface area contributed by atoms with Crippen LogP contribution in [0.2, 0.25) is 0 Å². The lowest BCUT2D eigenvalue weighted by atomic mass is 10.0. The minimum absolute atomic E-state index is 0.321. The van der Waals surface area contributed by atoms with E-state index in [9.17, 15) is 18.4 Å². The van der Waals surface area contributed by atoms with Gasteiger partial charge in [-0.25, -0.2) is 23.4 Å². The molecule has 2 aromatic carbocycles. The van der Waals surface area contributed by atoms with E-state index < -0.39 is 23.6 Å². The first-order chi connectivity index (χ1) is 19.2. The van der Waals surface area contributed by atoms with Gasteiger partial charge in [0.1, 0.15) is 0 Å². The van der Waals surface area contributed by atoms with Crippen LogP contribution in [0.5, 0.6) is 0 Å². The fourth-order valence-electron chi connectivity index (χ4n) is 4.39. The number of fused-ring (bicyclic) bond motifs is 1. The van der Waals surface area contributed by atoms with Crippen LogP contribution in [0.25, 0.3) is 0 Å². The van der Waals surface area contributed by atoms with Gasteiger partial charge in [0, 0.05) is 50.7 Å². The molecule has 0 aromatic heterocycles. The zero-order chi connectivity index (χ0) is 28.9. The smallest absolute Gasteiger partial charge is 0.328 e. The molecule has 1 saturated heterocycles. The molecule has 0 unspecified atom stereocenters. The largest absolute Gasteiger partial charge is 0.478 e. The number of aliphatic carboxylic acids is 2. The molecule has 8 nitrogen and oxygen atoms in total. The minimum atomic E-state index is -1.26. The van der Waals surface area contributed by atoms with Gasteiger partial charge in [-0.1, -0.05) is 36.0 Å². The van der Waals surface area contributed by atoms with E-state index in [1.165, 1.54) is 11.6 Å². The van der Waals surface area contributed by atoms with E-state index in [-0.39, 0.29) is 0 Å². The number of halogens is 2. The van der Waals surface area contributed by atoms with Crippen LogP contribution in [-0.2, 0) is 26.7 Å². The first kappa shape index (κ1) is 31.3. The van der Waals surface area contributed by atoms with Crippen molar-refractivity contribution in [3.05, 3.63) is 77.4 Å². The number of carboxylic acids is 2. The second-order valence-electron chi connectivity index (χ2n) is 9.51. The molecule has 1 fully saturated rings. The number of ether oxygens (including phenoxy) is 1. The van der Waals surface area contributed by atoms with Gasteiger partial charge >= 0.3 is 11.9 Å². The molecule has 0 aliphatic carbocycles. The van der Waals surface area contributed by atoms with Gasteiger partial charge in [-0.3, -0.25) is 0 Å². The number of thioether (sulfide) groups is 1. The van der Waals surface area contributed by atoms with Crippen molar-refractivity contribution >= 4 is 34.6 Å². The Morgan fingerprint density at radius 3 is 2.45 bits per heavy atom. The van der Waals surface area contributed by atoms with Crippen LogP contribution in [0.15, 0.2) is 59.6 Å². The number of hydrogen-bond donors (Lipinski definition) is 2. The van der Waals surface area contributed by atoms with Crippen molar-refractivity contribution in [2.45, 2.75) is 44.1 Å². The number of benzene rings is 2. The molecule has 0 saturated carbocycles. The molecule has 216 valence electrons. The highest BCUT2D eigenvalue weighted by Crippen LogP contribution is 2.32. The summed E-state index contributed by atoms with van der Waals surface area (Å²) in [5.41, 5.74) is 3.09. The van der Waals surface area contributed by atoms with Gasteiger partial charge in [0.05, 0.1) is 12.3 Å². The van der Waals surface area contributed by atoms with Crippen molar-refractivity contribution in [2.24, 2.45) is 4.99 Å². The molecule has 11 heteroatoms. The molecule has 2 aromatic rings. The van der Waals surface area contributed by atoms with E-state index in [2.05, 4.69) is 41.1 Å². The van der Waals surface area contributed by atoms with Crippen LogP contribution in [0.4, 0.5) is 14.5 Å². The number of unbranched alkanes of at least 4 members (excludes halogenated alkanes) is 1. The number of carbonyl (C=O) groups is 2. The Labute approximate surface area is 237 Å².